The summed E-state index contributed by atoms with van der Waals surface area (Å²) in [5, 5.41) is 2.86. The first kappa shape index (κ1) is 21.5. The minimum Gasteiger partial charge on any atom is -0.352 e. The predicted molar refractivity (Wildman–Crippen MR) is 115 cm³/mol. The minimum atomic E-state index is -3.85. The zero-order chi connectivity index (χ0) is 21.6. The van der Waals surface area contributed by atoms with Crippen LogP contribution in [0.2, 0.25) is 0 Å². The van der Waals surface area contributed by atoms with Crippen molar-refractivity contribution in [2.45, 2.75) is 24.7 Å². The molecule has 156 valence electrons. The number of aryl methyl sites for hydroxylation is 2. The van der Waals surface area contributed by atoms with E-state index in [0.29, 0.717) is 17.8 Å². The van der Waals surface area contributed by atoms with Gasteiger partial charge in [-0.2, -0.15) is 0 Å². The van der Waals surface area contributed by atoms with Crippen molar-refractivity contribution in [1.29, 1.82) is 0 Å². The predicted octanol–water partition coefficient (Wildman–Crippen LogP) is 4.30. The fraction of sp³-hybridized carbons (Fsp3) is 0.174. The fourth-order valence-electron chi connectivity index (χ4n) is 2.93. The summed E-state index contributed by atoms with van der Waals surface area (Å²) in [5.74, 6) is -0.681. The summed E-state index contributed by atoms with van der Waals surface area (Å²) in [6.45, 7) is 2.05. The van der Waals surface area contributed by atoms with E-state index in [4.69, 9.17) is 0 Å². The molecular formula is C23H23FN2O3S. The van der Waals surface area contributed by atoms with Gasteiger partial charge in [-0.1, -0.05) is 30.3 Å². The lowest BCUT2D eigenvalue weighted by Crippen LogP contribution is -2.24. The second kappa shape index (κ2) is 9.54. The van der Waals surface area contributed by atoms with Crippen LogP contribution in [-0.4, -0.2) is 20.9 Å². The van der Waals surface area contributed by atoms with Gasteiger partial charge in [0.1, 0.15) is 5.82 Å². The highest BCUT2D eigenvalue weighted by Crippen LogP contribution is 2.19. The van der Waals surface area contributed by atoms with E-state index in [1.54, 1.807) is 12.1 Å². The first-order chi connectivity index (χ1) is 14.3. The topological polar surface area (TPSA) is 75.3 Å². The molecule has 1 amide bonds. The Morgan fingerprint density at radius 3 is 2.33 bits per heavy atom. The van der Waals surface area contributed by atoms with Gasteiger partial charge in [0.15, 0.2) is 0 Å². The molecule has 3 rings (SSSR count). The van der Waals surface area contributed by atoms with Crippen LogP contribution in [0.5, 0.6) is 0 Å². The van der Waals surface area contributed by atoms with E-state index in [-0.39, 0.29) is 16.4 Å². The molecule has 0 aliphatic rings. The molecule has 0 radical (unpaired) electrons. The smallest absolute Gasteiger partial charge is 0.261 e. The first-order valence-corrected chi connectivity index (χ1v) is 11.0. The van der Waals surface area contributed by atoms with Gasteiger partial charge in [-0.3, -0.25) is 9.52 Å². The van der Waals surface area contributed by atoms with Crippen LogP contribution in [0.15, 0.2) is 77.7 Å². The molecule has 0 aliphatic heterocycles. The highest BCUT2D eigenvalue weighted by atomic mass is 32.2. The van der Waals surface area contributed by atoms with Crippen LogP contribution >= 0.6 is 0 Å². The normalized spacial score (nSPS) is 11.1. The third kappa shape index (κ3) is 5.67. The molecule has 5 nitrogen and oxygen atoms in total. The van der Waals surface area contributed by atoms with Crippen LogP contribution in [0.25, 0.3) is 0 Å². The van der Waals surface area contributed by atoms with Crippen molar-refractivity contribution in [3.63, 3.8) is 0 Å². The molecule has 2 N–H and O–H groups in total. The van der Waals surface area contributed by atoms with Gasteiger partial charge in [0.2, 0.25) is 0 Å². The van der Waals surface area contributed by atoms with Gasteiger partial charge in [0.05, 0.1) is 4.90 Å². The number of carbonyl (C=O) groups is 1. The molecule has 0 atom stereocenters. The molecule has 0 heterocycles. The minimum absolute atomic E-state index is 0.0263. The molecule has 0 bridgehead atoms. The maximum atomic E-state index is 13.4. The van der Waals surface area contributed by atoms with Crippen molar-refractivity contribution >= 4 is 21.6 Å². The van der Waals surface area contributed by atoms with Gasteiger partial charge in [0, 0.05) is 17.8 Å². The Balaban J connectivity index is 1.54. The molecule has 0 aliphatic carbocycles. The highest BCUT2D eigenvalue weighted by Gasteiger charge is 2.16. The van der Waals surface area contributed by atoms with Crippen molar-refractivity contribution in [2.75, 3.05) is 11.3 Å². The number of nitrogens with one attached hydrogen (secondary N) is 2. The summed E-state index contributed by atoms with van der Waals surface area (Å²) in [6.07, 6.45) is 1.70. The van der Waals surface area contributed by atoms with Crippen molar-refractivity contribution in [2.24, 2.45) is 0 Å². The zero-order valence-corrected chi connectivity index (χ0v) is 17.4. The van der Waals surface area contributed by atoms with Crippen molar-refractivity contribution in [1.82, 2.24) is 5.32 Å². The lowest BCUT2D eigenvalue weighted by molar-refractivity contribution is 0.0953. The number of hydrogen-bond donors (Lipinski definition) is 2. The first-order valence-electron chi connectivity index (χ1n) is 9.56. The van der Waals surface area contributed by atoms with E-state index < -0.39 is 15.8 Å². The Bertz CT molecular complexity index is 1110. The number of rotatable bonds is 8. The second-order valence-electron chi connectivity index (χ2n) is 6.94. The maximum Gasteiger partial charge on any atom is 0.261 e. The van der Waals surface area contributed by atoms with E-state index in [1.807, 2.05) is 18.2 Å². The molecule has 0 saturated carbocycles. The lowest BCUT2D eigenvalue weighted by atomic mass is 10.1. The summed E-state index contributed by atoms with van der Waals surface area (Å²) >= 11 is 0. The standard InChI is InChI=1S/C23H23FN2O3S/c1-17-16-21(13-14-22(17)24)30(28,29)26-20-11-9-19(10-12-20)23(27)25-15-5-8-18-6-3-2-4-7-18/h2-4,6-7,9-14,16,26H,5,8,15H2,1H3,(H,25,27). The van der Waals surface area contributed by atoms with Gasteiger partial charge in [-0.15, -0.1) is 0 Å². The van der Waals surface area contributed by atoms with Crippen molar-refractivity contribution < 1.29 is 17.6 Å². The van der Waals surface area contributed by atoms with Crippen LogP contribution < -0.4 is 10.0 Å². The highest BCUT2D eigenvalue weighted by molar-refractivity contribution is 7.92. The summed E-state index contributed by atoms with van der Waals surface area (Å²) in [7, 11) is -3.85. The number of sulfonamides is 1. The molecule has 0 spiro atoms. The quantitative estimate of drug-likeness (QED) is 0.528. The molecule has 0 unspecified atom stereocenters. The summed E-state index contributed by atoms with van der Waals surface area (Å²) in [4.78, 5) is 12.2. The molecular weight excluding hydrogens is 403 g/mol. The van der Waals surface area contributed by atoms with Crippen LogP contribution in [0.4, 0.5) is 10.1 Å². The van der Waals surface area contributed by atoms with Crippen molar-refractivity contribution in [3.8, 4) is 0 Å². The number of carbonyl (C=O) groups excluding carboxylic acids is 1. The Morgan fingerprint density at radius 1 is 0.967 bits per heavy atom. The number of benzene rings is 3. The monoisotopic (exact) mass is 426 g/mol. The number of hydrogen-bond acceptors (Lipinski definition) is 3. The van der Waals surface area contributed by atoms with Crippen LogP contribution in [-0.2, 0) is 16.4 Å². The average Bonchev–Trinajstić information content (AvgIpc) is 2.74. The Hall–Kier alpha value is -3.19. The van der Waals surface area contributed by atoms with Crippen LogP contribution in [0, 0.1) is 12.7 Å². The summed E-state index contributed by atoms with van der Waals surface area (Å²) in [5.41, 5.74) is 2.23. The van der Waals surface area contributed by atoms with Gasteiger partial charge in [-0.25, -0.2) is 12.8 Å². The Labute approximate surface area is 176 Å². The molecule has 0 saturated heterocycles. The summed E-state index contributed by atoms with van der Waals surface area (Å²) < 4.78 is 40.7. The van der Waals surface area contributed by atoms with Gasteiger partial charge >= 0.3 is 0 Å². The number of amides is 1. The van der Waals surface area contributed by atoms with E-state index in [1.165, 1.54) is 36.8 Å². The zero-order valence-electron chi connectivity index (χ0n) is 16.6. The van der Waals surface area contributed by atoms with Crippen molar-refractivity contribution in [3.05, 3.63) is 95.3 Å². The van der Waals surface area contributed by atoms with E-state index >= 15 is 0 Å². The van der Waals surface area contributed by atoms with Crippen LogP contribution in [0.1, 0.15) is 27.9 Å². The molecule has 30 heavy (non-hydrogen) atoms. The van der Waals surface area contributed by atoms with E-state index in [2.05, 4.69) is 22.2 Å². The fourth-order valence-corrected chi connectivity index (χ4v) is 4.07. The van der Waals surface area contributed by atoms with Gasteiger partial charge < -0.3 is 5.32 Å². The van der Waals surface area contributed by atoms with E-state index in [0.717, 1.165) is 18.9 Å². The molecule has 7 heteroatoms. The molecule has 3 aromatic rings. The molecule has 3 aromatic carbocycles. The number of halogens is 1. The largest absolute Gasteiger partial charge is 0.352 e. The molecule has 0 fully saturated rings. The van der Waals surface area contributed by atoms with E-state index in [9.17, 15) is 17.6 Å². The Morgan fingerprint density at radius 2 is 1.67 bits per heavy atom. The third-order valence-electron chi connectivity index (χ3n) is 4.61. The lowest BCUT2D eigenvalue weighted by Gasteiger charge is -2.10. The van der Waals surface area contributed by atoms with Gasteiger partial charge in [0.25, 0.3) is 15.9 Å². The summed E-state index contributed by atoms with van der Waals surface area (Å²) in [6, 6.07) is 19.8. The average molecular weight is 427 g/mol. The SMILES string of the molecule is Cc1cc(S(=O)(=O)Nc2ccc(C(=O)NCCCc3ccccc3)cc2)ccc1F. The third-order valence-corrected chi connectivity index (χ3v) is 5.99. The van der Waals surface area contributed by atoms with Crippen LogP contribution in [0.3, 0.4) is 0 Å². The second-order valence-corrected chi connectivity index (χ2v) is 8.62. The molecule has 0 aromatic heterocycles. The maximum absolute atomic E-state index is 13.4. The number of anilines is 1. The van der Waals surface area contributed by atoms with Gasteiger partial charge in [-0.05, 0) is 73.4 Å². The Kier molecular flexibility index (Phi) is 6.84.